The van der Waals surface area contributed by atoms with E-state index in [0.29, 0.717) is 56.3 Å². The summed E-state index contributed by atoms with van der Waals surface area (Å²) in [6.45, 7) is 5.40. The molecular formula is C41H40ClF4N7O5. The topological polar surface area (TPSA) is 119 Å². The van der Waals surface area contributed by atoms with Crippen LogP contribution in [0, 0.1) is 12.7 Å². The van der Waals surface area contributed by atoms with Crippen LogP contribution in [0.4, 0.5) is 17.6 Å². The van der Waals surface area contributed by atoms with E-state index in [1.54, 1.807) is 48.7 Å². The standard InChI is InChI=1S/C41H40ClF4N7O5/c1-26-31(11-12-34(37(26)42)56-20-19-51-17-15-50(2)16-18-51)36-32(27-7-9-29(43)10-8-27)22-52-38(36)39(47-25-49-52)58-35(40(54)55)21-28-5-3-4-6-33(28)57-23-30-13-14-48-53(30)24-41(44,45)46/h3-14,22,25,35H,15-21,23-24H2,1-2H3,(H,54,55). The summed E-state index contributed by atoms with van der Waals surface area (Å²) in [5.41, 5.74) is 4.11. The van der Waals surface area contributed by atoms with Crippen molar-refractivity contribution in [2.45, 2.75) is 38.8 Å². The fraction of sp³-hybridized carbons (Fsp3) is 0.317. The number of carboxylic acids is 1. The third kappa shape index (κ3) is 9.35. The largest absolute Gasteiger partial charge is 0.491 e. The SMILES string of the molecule is Cc1c(-c2c(-c3ccc(F)cc3)cn3ncnc(OC(Cc4ccccc4OCc4ccnn4CC(F)(F)F)C(=O)O)c23)ccc(OCCN2CCN(C)CC2)c1Cl. The van der Waals surface area contributed by atoms with Crippen molar-refractivity contribution < 1.29 is 41.7 Å². The van der Waals surface area contributed by atoms with Gasteiger partial charge in [0.25, 0.3) is 0 Å². The fourth-order valence-corrected chi connectivity index (χ4v) is 7.08. The maximum Gasteiger partial charge on any atom is 0.408 e. The molecule has 1 aliphatic heterocycles. The third-order valence-electron chi connectivity index (χ3n) is 9.99. The van der Waals surface area contributed by atoms with Crippen molar-refractivity contribution in [3.63, 3.8) is 0 Å². The van der Waals surface area contributed by atoms with Gasteiger partial charge < -0.3 is 24.2 Å². The first kappa shape index (κ1) is 40.5. The molecule has 0 aliphatic carbocycles. The van der Waals surface area contributed by atoms with Gasteiger partial charge in [-0.2, -0.15) is 28.4 Å². The molecule has 0 saturated carbocycles. The van der Waals surface area contributed by atoms with Gasteiger partial charge in [-0.1, -0.05) is 48.0 Å². The minimum Gasteiger partial charge on any atom is -0.491 e. The smallest absolute Gasteiger partial charge is 0.408 e. The lowest BCUT2D eigenvalue weighted by Crippen LogP contribution is -2.45. The van der Waals surface area contributed by atoms with Crippen LogP contribution in [0.25, 0.3) is 27.8 Å². The number of aliphatic carboxylic acids is 1. The van der Waals surface area contributed by atoms with Gasteiger partial charge in [0.15, 0.2) is 0 Å². The number of aromatic nitrogens is 5. The molecule has 7 rings (SSSR count). The molecule has 1 unspecified atom stereocenters. The molecule has 17 heteroatoms. The molecule has 0 spiro atoms. The van der Waals surface area contributed by atoms with Crippen molar-refractivity contribution in [1.29, 1.82) is 0 Å². The van der Waals surface area contributed by atoms with Crippen LogP contribution in [-0.4, -0.2) is 104 Å². The predicted octanol–water partition coefficient (Wildman–Crippen LogP) is 7.20. The lowest BCUT2D eigenvalue weighted by atomic mass is 9.94. The summed E-state index contributed by atoms with van der Waals surface area (Å²) in [6, 6.07) is 17.6. The van der Waals surface area contributed by atoms with E-state index in [-0.39, 0.29) is 30.4 Å². The van der Waals surface area contributed by atoms with Crippen LogP contribution in [0.5, 0.6) is 17.4 Å². The number of likely N-dealkylation sites (N-methyl/N-ethyl adjacent to an activating group) is 1. The number of carboxylic acid groups (broad SMARTS) is 1. The monoisotopic (exact) mass is 821 g/mol. The highest BCUT2D eigenvalue weighted by atomic mass is 35.5. The Labute approximate surface area is 336 Å². The minimum atomic E-state index is -4.48. The van der Waals surface area contributed by atoms with Crippen LogP contribution in [0.2, 0.25) is 5.02 Å². The summed E-state index contributed by atoms with van der Waals surface area (Å²) in [6.07, 6.45) is -1.98. The van der Waals surface area contributed by atoms with Crippen molar-refractivity contribution in [1.82, 2.24) is 34.2 Å². The maximum atomic E-state index is 14.1. The van der Waals surface area contributed by atoms with Gasteiger partial charge in [-0.25, -0.2) is 13.7 Å². The highest BCUT2D eigenvalue weighted by Crippen LogP contribution is 2.44. The second-order valence-electron chi connectivity index (χ2n) is 14.0. The quantitative estimate of drug-likeness (QED) is 0.107. The molecule has 304 valence electrons. The molecule has 3 aromatic carbocycles. The molecule has 6 aromatic rings. The number of nitrogens with zero attached hydrogens (tertiary/aromatic N) is 7. The van der Waals surface area contributed by atoms with Crippen molar-refractivity contribution in [3.8, 4) is 39.6 Å². The van der Waals surface area contributed by atoms with Gasteiger partial charge in [0.1, 0.15) is 48.9 Å². The first-order chi connectivity index (χ1) is 27.8. The van der Waals surface area contributed by atoms with E-state index in [4.69, 9.17) is 25.8 Å². The number of para-hydroxylation sites is 1. The van der Waals surface area contributed by atoms with Gasteiger partial charge in [-0.05, 0) is 66.6 Å². The number of hydrogen-bond donors (Lipinski definition) is 1. The molecule has 58 heavy (non-hydrogen) atoms. The number of rotatable bonds is 15. The zero-order valence-corrected chi connectivity index (χ0v) is 32.4. The summed E-state index contributed by atoms with van der Waals surface area (Å²) in [4.78, 5) is 21.8. The second-order valence-corrected chi connectivity index (χ2v) is 14.3. The van der Waals surface area contributed by atoms with E-state index < -0.39 is 30.6 Å². The lowest BCUT2D eigenvalue weighted by Gasteiger charge is -2.32. The van der Waals surface area contributed by atoms with E-state index in [1.807, 2.05) is 13.0 Å². The highest BCUT2D eigenvalue weighted by Gasteiger charge is 2.30. The van der Waals surface area contributed by atoms with Gasteiger partial charge in [-0.15, -0.1) is 0 Å². The van der Waals surface area contributed by atoms with Gasteiger partial charge in [-0.3, -0.25) is 9.58 Å². The number of halogens is 5. The van der Waals surface area contributed by atoms with E-state index in [2.05, 4.69) is 32.0 Å². The summed E-state index contributed by atoms with van der Waals surface area (Å²) in [5.74, 6) is -1.02. The van der Waals surface area contributed by atoms with Crippen LogP contribution >= 0.6 is 11.6 Å². The van der Waals surface area contributed by atoms with Gasteiger partial charge in [0, 0.05) is 62.7 Å². The van der Waals surface area contributed by atoms with E-state index in [0.717, 1.165) is 37.4 Å². The van der Waals surface area contributed by atoms with Gasteiger partial charge in [0.2, 0.25) is 12.0 Å². The normalized spacial score (nSPS) is 14.5. The van der Waals surface area contributed by atoms with Crippen LogP contribution in [0.15, 0.2) is 85.5 Å². The van der Waals surface area contributed by atoms with Crippen LogP contribution < -0.4 is 14.2 Å². The Bertz CT molecular complexity index is 2380. The Morgan fingerprint density at radius 3 is 2.45 bits per heavy atom. The Morgan fingerprint density at radius 2 is 1.71 bits per heavy atom. The average molecular weight is 822 g/mol. The van der Waals surface area contributed by atoms with E-state index in [9.17, 15) is 27.5 Å². The lowest BCUT2D eigenvalue weighted by molar-refractivity contribution is -0.145. The number of benzene rings is 3. The maximum absolute atomic E-state index is 14.1. The van der Waals surface area contributed by atoms with E-state index >= 15 is 0 Å². The molecule has 1 aliphatic rings. The zero-order valence-electron chi connectivity index (χ0n) is 31.6. The van der Waals surface area contributed by atoms with Gasteiger partial charge >= 0.3 is 12.1 Å². The van der Waals surface area contributed by atoms with Crippen LogP contribution in [-0.2, 0) is 24.4 Å². The fourth-order valence-electron chi connectivity index (χ4n) is 6.86. The Kier molecular flexibility index (Phi) is 12.2. The first-order valence-electron chi connectivity index (χ1n) is 18.5. The Morgan fingerprint density at radius 1 is 0.948 bits per heavy atom. The Balaban J connectivity index is 1.20. The first-order valence-corrected chi connectivity index (χ1v) is 18.9. The van der Waals surface area contributed by atoms with Crippen molar-refractivity contribution in [3.05, 3.63) is 113 Å². The van der Waals surface area contributed by atoms with E-state index in [1.165, 1.54) is 35.2 Å². The molecule has 1 N–H and O–H groups in total. The molecular weight excluding hydrogens is 782 g/mol. The molecule has 0 amide bonds. The van der Waals surface area contributed by atoms with Crippen molar-refractivity contribution >= 4 is 23.1 Å². The third-order valence-corrected chi connectivity index (χ3v) is 10.5. The number of fused-ring (bicyclic) bond motifs is 1. The van der Waals surface area contributed by atoms with Crippen molar-refractivity contribution in [2.75, 3.05) is 46.4 Å². The predicted molar refractivity (Wildman–Crippen MR) is 208 cm³/mol. The summed E-state index contributed by atoms with van der Waals surface area (Å²) in [5, 5.41) is 19.0. The number of carbonyl (C=O) groups is 1. The van der Waals surface area contributed by atoms with Gasteiger partial charge in [0.05, 0.1) is 10.7 Å². The minimum absolute atomic E-state index is 0.0526. The number of ether oxygens (including phenoxy) is 3. The molecule has 0 radical (unpaired) electrons. The Hall–Kier alpha value is -5.71. The number of hydrogen-bond acceptors (Lipinski definition) is 9. The average Bonchev–Trinajstić information content (AvgIpc) is 3.80. The van der Waals surface area contributed by atoms with Crippen molar-refractivity contribution in [2.24, 2.45) is 0 Å². The molecule has 1 atom stereocenters. The second kappa shape index (κ2) is 17.4. The number of piperazine rings is 1. The van der Waals surface area contributed by atoms with Crippen LogP contribution in [0.3, 0.4) is 0 Å². The molecule has 4 heterocycles. The molecule has 12 nitrogen and oxygen atoms in total. The summed E-state index contributed by atoms with van der Waals surface area (Å²) in [7, 11) is 2.10. The summed E-state index contributed by atoms with van der Waals surface area (Å²) >= 11 is 6.98. The molecule has 1 saturated heterocycles. The van der Waals surface area contributed by atoms with Crippen LogP contribution in [0.1, 0.15) is 16.8 Å². The zero-order chi connectivity index (χ0) is 41.0. The molecule has 0 bridgehead atoms. The molecule has 1 fully saturated rings. The number of alkyl halides is 3. The highest BCUT2D eigenvalue weighted by molar-refractivity contribution is 6.33. The molecule has 3 aromatic heterocycles. The summed E-state index contributed by atoms with van der Waals surface area (Å²) < 4.78 is 74.0.